The van der Waals surface area contributed by atoms with Gasteiger partial charge in [-0.1, -0.05) is 24.3 Å². The summed E-state index contributed by atoms with van der Waals surface area (Å²) in [7, 11) is 2.67. The summed E-state index contributed by atoms with van der Waals surface area (Å²) in [6.45, 7) is 0. The highest BCUT2D eigenvalue weighted by atomic mass is 19.4. The van der Waals surface area contributed by atoms with E-state index in [2.05, 4.69) is 0 Å². The summed E-state index contributed by atoms with van der Waals surface area (Å²) in [4.78, 5) is 27.4. The van der Waals surface area contributed by atoms with Gasteiger partial charge in [0, 0.05) is 17.7 Å². The fraction of sp³-hybridized carbons (Fsp3) is 0.280. The molecule has 2 N–H and O–H groups in total. The number of hydrogen-bond acceptors (Lipinski definition) is 6. The van der Waals surface area contributed by atoms with Gasteiger partial charge in [0.15, 0.2) is 5.78 Å². The molecule has 0 spiro atoms. The first-order valence-corrected chi connectivity index (χ1v) is 10.6. The third-order valence-electron chi connectivity index (χ3n) is 6.10. The number of allylic oxidation sites excluding steroid dienone is 2. The smallest absolute Gasteiger partial charge is 0.418 e. The number of rotatable bonds is 4. The van der Waals surface area contributed by atoms with E-state index < -0.39 is 23.6 Å². The van der Waals surface area contributed by atoms with Crippen molar-refractivity contribution in [2.45, 2.75) is 31.4 Å². The zero-order valence-electron chi connectivity index (χ0n) is 18.6. The highest BCUT2D eigenvalue weighted by molar-refractivity contribution is 6.05. The molecule has 0 amide bonds. The molecule has 0 saturated heterocycles. The number of anilines is 1. The first kappa shape index (κ1) is 23.4. The Bertz CT molecular complexity index is 1200. The van der Waals surface area contributed by atoms with Crippen molar-refractivity contribution in [1.29, 1.82) is 0 Å². The van der Waals surface area contributed by atoms with Gasteiger partial charge < -0.3 is 15.2 Å². The molecule has 0 fully saturated rings. The van der Waals surface area contributed by atoms with Crippen LogP contribution in [-0.2, 0) is 20.5 Å². The molecule has 1 atom stereocenters. The van der Waals surface area contributed by atoms with E-state index in [1.165, 1.54) is 30.2 Å². The highest BCUT2D eigenvalue weighted by Gasteiger charge is 2.45. The topological polar surface area (TPSA) is 81.9 Å². The largest absolute Gasteiger partial charge is 0.497 e. The average Bonchev–Trinajstić information content (AvgIpc) is 2.82. The summed E-state index contributed by atoms with van der Waals surface area (Å²) in [6.07, 6.45) is -3.67. The second kappa shape index (κ2) is 8.89. The third kappa shape index (κ3) is 3.91. The standard InChI is InChI=1S/C25H23F3N2O4/c1-33-15-12-10-14(11-13-15)20-21-18(8-5-9-19(21)31)30(23(29)22(20)24(32)34-2)17-7-4-3-6-16(17)25(26,27)28/h3-4,6-7,10-13,20H,5,8-9,29H2,1-2H3/t20-/m0/s1. The molecule has 0 bridgehead atoms. The second-order valence-corrected chi connectivity index (χ2v) is 7.98. The summed E-state index contributed by atoms with van der Waals surface area (Å²) in [5.41, 5.74) is 6.39. The van der Waals surface area contributed by atoms with E-state index in [9.17, 15) is 22.8 Å². The molecule has 0 aromatic heterocycles. The Labute approximate surface area is 194 Å². The van der Waals surface area contributed by atoms with Crippen LogP contribution in [0.2, 0.25) is 0 Å². The number of esters is 1. The van der Waals surface area contributed by atoms with Gasteiger partial charge in [0.1, 0.15) is 11.6 Å². The van der Waals surface area contributed by atoms with Crippen LogP contribution < -0.4 is 15.4 Å². The van der Waals surface area contributed by atoms with Crippen LogP contribution in [0, 0.1) is 0 Å². The van der Waals surface area contributed by atoms with Crippen LogP contribution in [0.5, 0.6) is 5.75 Å². The Morgan fingerprint density at radius 1 is 1.06 bits per heavy atom. The van der Waals surface area contributed by atoms with Crippen molar-refractivity contribution in [3.05, 3.63) is 82.3 Å². The fourth-order valence-electron chi connectivity index (χ4n) is 4.61. The quantitative estimate of drug-likeness (QED) is 0.652. The van der Waals surface area contributed by atoms with Gasteiger partial charge in [-0.15, -0.1) is 0 Å². The van der Waals surface area contributed by atoms with Crippen LogP contribution in [0.4, 0.5) is 18.9 Å². The summed E-state index contributed by atoms with van der Waals surface area (Å²) in [6, 6.07) is 11.7. The lowest BCUT2D eigenvalue weighted by Crippen LogP contribution is -2.41. The van der Waals surface area contributed by atoms with E-state index in [0.717, 1.165) is 13.2 Å². The van der Waals surface area contributed by atoms with Gasteiger partial charge in [-0.2, -0.15) is 13.2 Å². The zero-order chi connectivity index (χ0) is 24.6. The van der Waals surface area contributed by atoms with Gasteiger partial charge in [-0.25, -0.2) is 4.79 Å². The average molecular weight is 472 g/mol. The molecule has 0 radical (unpaired) electrons. The molecule has 1 heterocycles. The van der Waals surface area contributed by atoms with Crippen molar-refractivity contribution in [1.82, 2.24) is 0 Å². The molecule has 34 heavy (non-hydrogen) atoms. The van der Waals surface area contributed by atoms with Crippen molar-refractivity contribution in [3.63, 3.8) is 0 Å². The molecule has 9 heteroatoms. The maximum absolute atomic E-state index is 13.9. The Morgan fingerprint density at radius 3 is 2.35 bits per heavy atom. The normalized spacial score (nSPS) is 18.7. The number of hydrogen-bond donors (Lipinski definition) is 1. The maximum atomic E-state index is 13.9. The van der Waals surface area contributed by atoms with Gasteiger partial charge in [0.2, 0.25) is 0 Å². The molecule has 6 nitrogen and oxygen atoms in total. The van der Waals surface area contributed by atoms with Crippen LogP contribution >= 0.6 is 0 Å². The number of ether oxygens (including phenoxy) is 2. The van der Waals surface area contributed by atoms with Crippen molar-refractivity contribution in [2.24, 2.45) is 5.73 Å². The number of nitrogens with two attached hydrogens (primary N) is 1. The lowest BCUT2D eigenvalue weighted by Gasteiger charge is -2.41. The SMILES string of the molecule is COC(=O)C1=C(N)N(c2ccccc2C(F)(F)F)C2=C(C(=O)CCC2)[C@@H]1c1ccc(OC)cc1. The van der Waals surface area contributed by atoms with Crippen LogP contribution in [0.1, 0.15) is 36.3 Å². The van der Waals surface area contributed by atoms with Crippen LogP contribution in [0.25, 0.3) is 0 Å². The Morgan fingerprint density at radius 2 is 1.74 bits per heavy atom. The summed E-state index contributed by atoms with van der Waals surface area (Å²) in [5.74, 6) is -1.57. The Balaban J connectivity index is 2.02. The molecule has 4 rings (SSSR count). The van der Waals surface area contributed by atoms with E-state index in [-0.39, 0.29) is 34.9 Å². The van der Waals surface area contributed by atoms with E-state index in [0.29, 0.717) is 29.9 Å². The number of ketones is 1. The van der Waals surface area contributed by atoms with E-state index in [1.807, 2.05) is 0 Å². The van der Waals surface area contributed by atoms with Gasteiger partial charge in [0.05, 0.1) is 37.0 Å². The maximum Gasteiger partial charge on any atom is 0.418 e. The molecule has 178 valence electrons. The lowest BCUT2D eigenvalue weighted by atomic mass is 9.75. The lowest BCUT2D eigenvalue weighted by molar-refractivity contribution is -0.137. The number of Topliss-reactive ketones (excluding diaryl/α,β-unsaturated/α-hetero) is 1. The number of methoxy groups -OCH3 is 2. The van der Waals surface area contributed by atoms with Crippen LogP contribution in [0.15, 0.2) is 71.2 Å². The van der Waals surface area contributed by atoms with E-state index >= 15 is 0 Å². The van der Waals surface area contributed by atoms with E-state index in [4.69, 9.17) is 15.2 Å². The first-order valence-electron chi connectivity index (χ1n) is 10.6. The number of alkyl halides is 3. The van der Waals surface area contributed by atoms with Crippen molar-refractivity contribution < 1.29 is 32.2 Å². The minimum Gasteiger partial charge on any atom is -0.497 e. The van der Waals surface area contributed by atoms with Crippen molar-refractivity contribution >= 4 is 17.4 Å². The number of para-hydroxylation sites is 1. The molecular weight excluding hydrogens is 449 g/mol. The van der Waals surface area contributed by atoms with E-state index in [1.54, 1.807) is 24.3 Å². The predicted molar refractivity (Wildman–Crippen MR) is 119 cm³/mol. The minimum absolute atomic E-state index is 0.0846. The summed E-state index contributed by atoms with van der Waals surface area (Å²) >= 11 is 0. The predicted octanol–water partition coefficient (Wildman–Crippen LogP) is 4.67. The number of carbonyl (C=O) groups excluding carboxylic acids is 2. The molecule has 1 aliphatic heterocycles. The van der Waals surface area contributed by atoms with Crippen LogP contribution in [0.3, 0.4) is 0 Å². The third-order valence-corrected chi connectivity index (χ3v) is 6.10. The zero-order valence-corrected chi connectivity index (χ0v) is 18.6. The van der Waals surface area contributed by atoms with Gasteiger partial charge in [0.25, 0.3) is 0 Å². The number of benzene rings is 2. The van der Waals surface area contributed by atoms with Gasteiger partial charge in [-0.05, 0) is 42.7 Å². The summed E-state index contributed by atoms with van der Waals surface area (Å²) < 4.78 is 51.9. The van der Waals surface area contributed by atoms with Crippen LogP contribution in [-0.4, -0.2) is 26.0 Å². The van der Waals surface area contributed by atoms with Gasteiger partial charge >= 0.3 is 12.1 Å². The summed E-state index contributed by atoms with van der Waals surface area (Å²) in [5, 5.41) is 0. The Kier molecular flexibility index (Phi) is 6.12. The monoisotopic (exact) mass is 472 g/mol. The molecule has 2 aromatic rings. The van der Waals surface area contributed by atoms with Gasteiger partial charge in [-0.3, -0.25) is 9.69 Å². The number of halogens is 3. The number of carbonyl (C=O) groups is 2. The molecule has 2 aromatic carbocycles. The second-order valence-electron chi connectivity index (χ2n) is 7.98. The molecule has 0 unspecified atom stereocenters. The highest BCUT2D eigenvalue weighted by Crippen LogP contribution is 2.49. The van der Waals surface area contributed by atoms with Crippen molar-refractivity contribution in [2.75, 3.05) is 19.1 Å². The Hall–Kier alpha value is -3.75. The van der Waals surface area contributed by atoms with Crippen molar-refractivity contribution in [3.8, 4) is 5.75 Å². The minimum atomic E-state index is -4.67. The fourth-order valence-corrected chi connectivity index (χ4v) is 4.61. The first-order chi connectivity index (χ1) is 16.2. The molecular formula is C25H23F3N2O4. The molecule has 2 aliphatic rings. The molecule has 0 saturated carbocycles. The molecule has 1 aliphatic carbocycles. The number of nitrogens with zero attached hydrogens (tertiary/aromatic N) is 1.